The Hall–Kier alpha value is -4.23. The summed E-state index contributed by atoms with van der Waals surface area (Å²) in [6.45, 7) is 3.95. The molecule has 0 saturated heterocycles. The van der Waals surface area contributed by atoms with Gasteiger partial charge in [-0.15, -0.1) is 0 Å². The van der Waals surface area contributed by atoms with Crippen LogP contribution < -0.4 is 19.6 Å². The number of methoxy groups -OCH3 is 1. The summed E-state index contributed by atoms with van der Waals surface area (Å²) in [6, 6.07) is 24.2. The highest BCUT2D eigenvalue weighted by molar-refractivity contribution is 7.07. The Labute approximate surface area is 218 Å². The maximum atomic E-state index is 13.9. The molecule has 2 heterocycles. The van der Waals surface area contributed by atoms with Gasteiger partial charge in [-0.25, -0.2) is 9.79 Å². The Morgan fingerprint density at radius 3 is 2.43 bits per heavy atom. The highest BCUT2D eigenvalue weighted by Gasteiger charge is 2.35. The smallest absolute Gasteiger partial charge is 0.338 e. The number of hydrogen-bond donors (Lipinski definition) is 0. The molecule has 0 aliphatic carbocycles. The van der Waals surface area contributed by atoms with Crippen molar-refractivity contribution in [2.24, 2.45) is 4.99 Å². The second-order valence-electron chi connectivity index (χ2n) is 8.57. The summed E-state index contributed by atoms with van der Waals surface area (Å²) < 4.78 is 13.1. The molecule has 1 aliphatic heterocycles. The molecule has 1 atom stereocenters. The number of ether oxygens (including phenoxy) is 2. The monoisotopic (exact) mass is 510 g/mol. The lowest BCUT2D eigenvalue weighted by molar-refractivity contribution is -0.138. The quantitative estimate of drug-likeness (QED) is 0.364. The van der Waals surface area contributed by atoms with Crippen LogP contribution in [0.25, 0.3) is 11.8 Å². The molecule has 5 rings (SSSR count). The molecular weight excluding hydrogens is 484 g/mol. The van der Waals surface area contributed by atoms with E-state index in [0.717, 1.165) is 28.0 Å². The summed E-state index contributed by atoms with van der Waals surface area (Å²) in [5, 5.41) is 0. The fraction of sp³-hybridized carbons (Fsp3) is 0.167. The summed E-state index contributed by atoms with van der Waals surface area (Å²) in [5.74, 6) is 0.260. The van der Waals surface area contributed by atoms with Gasteiger partial charge in [0.2, 0.25) is 0 Å². The first-order valence-electron chi connectivity index (χ1n) is 12.0. The number of esters is 1. The van der Waals surface area contributed by atoms with Crippen LogP contribution in [0.2, 0.25) is 0 Å². The van der Waals surface area contributed by atoms with Crippen molar-refractivity contribution >= 4 is 29.1 Å². The second-order valence-corrected chi connectivity index (χ2v) is 9.58. The van der Waals surface area contributed by atoms with Gasteiger partial charge < -0.3 is 9.47 Å². The molecule has 4 aromatic rings. The van der Waals surface area contributed by atoms with Crippen LogP contribution in [0.3, 0.4) is 0 Å². The van der Waals surface area contributed by atoms with Crippen molar-refractivity contribution < 1.29 is 14.3 Å². The second kappa shape index (κ2) is 10.4. The highest BCUT2D eigenvalue weighted by atomic mass is 32.1. The Kier molecular flexibility index (Phi) is 6.88. The first-order chi connectivity index (χ1) is 18.0. The molecular formula is C30H26N2O4S. The number of thiazole rings is 1. The number of carbonyl (C=O) groups excluding carboxylic acids is 1. The van der Waals surface area contributed by atoms with Gasteiger partial charge in [-0.1, -0.05) is 84.1 Å². The number of nitrogens with zero attached hydrogens (tertiary/aromatic N) is 2. The minimum Gasteiger partial charge on any atom is -0.496 e. The Bertz CT molecular complexity index is 1670. The molecule has 0 saturated carbocycles. The van der Waals surface area contributed by atoms with Crippen LogP contribution >= 0.6 is 11.3 Å². The van der Waals surface area contributed by atoms with Crippen molar-refractivity contribution in [2.75, 3.05) is 13.7 Å². The summed E-state index contributed by atoms with van der Waals surface area (Å²) in [5.41, 5.74) is 4.08. The van der Waals surface area contributed by atoms with Crippen LogP contribution in [0.4, 0.5) is 0 Å². The molecule has 6 nitrogen and oxygen atoms in total. The van der Waals surface area contributed by atoms with Crippen molar-refractivity contribution in [3.05, 3.63) is 126 Å². The average Bonchev–Trinajstić information content (AvgIpc) is 3.24. The van der Waals surface area contributed by atoms with E-state index in [0.29, 0.717) is 20.6 Å². The maximum absolute atomic E-state index is 13.9. The van der Waals surface area contributed by atoms with Crippen molar-refractivity contribution in [1.29, 1.82) is 0 Å². The van der Waals surface area contributed by atoms with Crippen molar-refractivity contribution in [3.63, 3.8) is 0 Å². The summed E-state index contributed by atoms with van der Waals surface area (Å²) >= 11 is 1.30. The van der Waals surface area contributed by atoms with E-state index < -0.39 is 12.0 Å². The fourth-order valence-electron chi connectivity index (χ4n) is 4.47. The van der Waals surface area contributed by atoms with E-state index in [2.05, 4.69) is 0 Å². The molecule has 3 aromatic carbocycles. The number of hydrogen-bond acceptors (Lipinski definition) is 6. The van der Waals surface area contributed by atoms with Gasteiger partial charge in [-0.3, -0.25) is 9.36 Å². The molecule has 186 valence electrons. The van der Waals surface area contributed by atoms with Gasteiger partial charge in [0.1, 0.15) is 5.75 Å². The Morgan fingerprint density at radius 1 is 1.05 bits per heavy atom. The number of rotatable bonds is 6. The highest BCUT2D eigenvalue weighted by Crippen LogP contribution is 2.35. The van der Waals surface area contributed by atoms with Gasteiger partial charge in [-0.2, -0.15) is 0 Å². The van der Waals surface area contributed by atoms with Gasteiger partial charge in [0.15, 0.2) is 4.80 Å². The third kappa shape index (κ3) is 4.66. The van der Waals surface area contributed by atoms with E-state index >= 15 is 0 Å². The van der Waals surface area contributed by atoms with Crippen LogP contribution in [0, 0.1) is 6.92 Å². The zero-order valence-corrected chi connectivity index (χ0v) is 21.6. The van der Waals surface area contributed by atoms with Gasteiger partial charge in [0, 0.05) is 5.56 Å². The number of benzene rings is 3. The first-order valence-corrected chi connectivity index (χ1v) is 12.8. The zero-order valence-electron chi connectivity index (χ0n) is 20.8. The van der Waals surface area contributed by atoms with Gasteiger partial charge in [0.25, 0.3) is 5.56 Å². The van der Waals surface area contributed by atoms with Crippen LogP contribution in [0.5, 0.6) is 5.75 Å². The number of carbonyl (C=O) groups is 1. The van der Waals surface area contributed by atoms with Crippen molar-refractivity contribution in [1.82, 2.24) is 4.57 Å². The molecule has 0 bridgehead atoms. The Morgan fingerprint density at radius 2 is 1.76 bits per heavy atom. The van der Waals surface area contributed by atoms with Gasteiger partial charge in [-0.05, 0) is 42.7 Å². The van der Waals surface area contributed by atoms with Crippen LogP contribution in [0.15, 0.2) is 94.2 Å². The zero-order chi connectivity index (χ0) is 25.9. The molecule has 37 heavy (non-hydrogen) atoms. The predicted molar refractivity (Wildman–Crippen MR) is 145 cm³/mol. The third-order valence-corrected chi connectivity index (χ3v) is 7.20. The first kappa shape index (κ1) is 24.5. The predicted octanol–water partition coefficient (Wildman–Crippen LogP) is 4.25. The molecule has 0 amide bonds. The molecule has 1 aromatic heterocycles. The molecule has 0 unspecified atom stereocenters. The van der Waals surface area contributed by atoms with Gasteiger partial charge >= 0.3 is 5.97 Å². The lowest BCUT2D eigenvalue weighted by Crippen LogP contribution is -2.39. The third-order valence-electron chi connectivity index (χ3n) is 6.22. The van der Waals surface area contributed by atoms with Crippen LogP contribution in [-0.4, -0.2) is 24.3 Å². The van der Waals surface area contributed by atoms with Crippen LogP contribution in [-0.2, 0) is 9.53 Å². The minimum absolute atomic E-state index is 0.214. The van der Waals surface area contributed by atoms with Crippen molar-refractivity contribution in [2.45, 2.75) is 19.9 Å². The van der Waals surface area contributed by atoms with E-state index in [4.69, 9.17) is 14.5 Å². The van der Waals surface area contributed by atoms with Crippen LogP contribution in [0.1, 0.15) is 35.2 Å². The molecule has 0 fully saturated rings. The summed E-state index contributed by atoms with van der Waals surface area (Å²) in [6.07, 6.45) is 1.84. The van der Waals surface area contributed by atoms with Gasteiger partial charge in [0.05, 0.1) is 35.6 Å². The standard InChI is InChI=1S/C30H26N2O4S/c1-4-36-29(34)25-26(21-11-7-5-8-12-21)31-30-32(27(25)22-13-9-6-10-14-22)28(33)24(37-30)18-20-16-15-19(2)23(17-20)35-3/h5-18,27H,4H2,1-3H3/b24-18-/t27-/m1/s1. The lowest BCUT2D eigenvalue weighted by Gasteiger charge is -2.25. The topological polar surface area (TPSA) is 69.9 Å². The number of fused-ring (bicyclic) bond motifs is 1. The van der Waals surface area contributed by atoms with E-state index in [1.54, 1.807) is 18.6 Å². The molecule has 0 N–H and O–H groups in total. The average molecular weight is 511 g/mol. The summed E-state index contributed by atoms with van der Waals surface area (Å²) in [7, 11) is 1.63. The molecule has 0 radical (unpaired) electrons. The van der Waals surface area contributed by atoms with E-state index in [-0.39, 0.29) is 12.2 Å². The number of aryl methyl sites for hydroxylation is 1. The van der Waals surface area contributed by atoms with E-state index in [9.17, 15) is 9.59 Å². The minimum atomic E-state index is -0.679. The SMILES string of the molecule is CCOC(=O)C1=C(c2ccccc2)N=c2s/c(=C\c3ccc(C)c(OC)c3)c(=O)n2[C@@H]1c1ccccc1. The number of aromatic nitrogens is 1. The van der Waals surface area contributed by atoms with E-state index in [1.165, 1.54) is 11.3 Å². The molecule has 1 aliphatic rings. The molecule has 7 heteroatoms. The normalized spacial score (nSPS) is 15.2. The van der Waals surface area contributed by atoms with Crippen molar-refractivity contribution in [3.8, 4) is 5.75 Å². The lowest BCUT2D eigenvalue weighted by atomic mass is 9.93. The maximum Gasteiger partial charge on any atom is 0.338 e. The fourth-order valence-corrected chi connectivity index (χ4v) is 5.47. The molecule has 0 spiro atoms. The largest absolute Gasteiger partial charge is 0.496 e. The summed E-state index contributed by atoms with van der Waals surface area (Å²) in [4.78, 5) is 32.7. The Balaban J connectivity index is 1.81. The van der Waals surface area contributed by atoms with E-state index in [1.807, 2.05) is 91.9 Å².